The van der Waals surface area contributed by atoms with Crippen LogP contribution in [0.1, 0.15) is 5.56 Å². The highest BCUT2D eigenvalue weighted by Crippen LogP contribution is 2.41. The van der Waals surface area contributed by atoms with Crippen molar-refractivity contribution >= 4 is 45.7 Å². The fraction of sp³-hybridized carbons (Fsp3) is 0.154. The molecular formula is C13H8Cl3NO. The molecule has 0 spiro atoms. The van der Waals surface area contributed by atoms with Crippen molar-refractivity contribution < 1.29 is 4.74 Å². The Balaban J connectivity index is 2.41. The second kappa shape index (κ2) is 4.61. The Hall–Kier alpha value is -0.960. The van der Waals surface area contributed by atoms with E-state index in [9.17, 15) is 0 Å². The number of allylic oxidation sites excluding steroid dienone is 1. The van der Waals surface area contributed by atoms with Gasteiger partial charge in [0.2, 0.25) is 0 Å². The molecule has 0 amide bonds. The number of aromatic nitrogens is 1. The standard InChI is InChI=1S/C13H8Cl3NO/c14-8-5-9(15)12-10(11(8)16)13-7(6-17-12)3-1-2-4-18-13/h1-2,5-6H,3-4H2. The third kappa shape index (κ3) is 1.85. The SMILES string of the molecule is Clc1cc(Cl)c2ncc3c(c2c1Cl)OCC=CC3. The van der Waals surface area contributed by atoms with Crippen LogP contribution in [0, 0.1) is 0 Å². The smallest absolute Gasteiger partial charge is 0.135 e. The van der Waals surface area contributed by atoms with Gasteiger partial charge in [0.05, 0.1) is 26.0 Å². The number of hydrogen-bond acceptors (Lipinski definition) is 2. The lowest BCUT2D eigenvalue weighted by molar-refractivity contribution is 0.367. The Labute approximate surface area is 119 Å². The monoisotopic (exact) mass is 299 g/mol. The summed E-state index contributed by atoms with van der Waals surface area (Å²) in [5.74, 6) is 0.722. The van der Waals surface area contributed by atoms with E-state index >= 15 is 0 Å². The van der Waals surface area contributed by atoms with E-state index in [1.54, 1.807) is 12.3 Å². The van der Waals surface area contributed by atoms with Crippen LogP contribution in [-0.4, -0.2) is 11.6 Å². The maximum absolute atomic E-state index is 6.26. The van der Waals surface area contributed by atoms with Gasteiger partial charge in [-0.15, -0.1) is 0 Å². The van der Waals surface area contributed by atoms with Crippen LogP contribution in [0.15, 0.2) is 24.4 Å². The minimum absolute atomic E-state index is 0.408. The van der Waals surface area contributed by atoms with E-state index in [4.69, 9.17) is 39.5 Å². The molecule has 0 saturated heterocycles. The number of hydrogen-bond donors (Lipinski definition) is 0. The molecular weight excluding hydrogens is 293 g/mol. The molecule has 0 saturated carbocycles. The fourth-order valence-electron chi connectivity index (χ4n) is 2.00. The molecule has 2 heterocycles. The Morgan fingerprint density at radius 2 is 1.94 bits per heavy atom. The zero-order valence-electron chi connectivity index (χ0n) is 9.21. The molecule has 1 aromatic carbocycles. The molecule has 0 unspecified atom stereocenters. The van der Waals surface area contributed by atoms with E-state index in [2.05, 4.69) is 4.98 Å². The van der Waals surface area contributed by atoms with Crippen LogP contribution in [0.3, 0.4) is 0 Å². The zero-order valence-corrected chi connectivity index (χ0v) is 11.5. The van der Waals surface area contributed by atoms with Gasteiger partial charge >= 0.3 is 0 Å². The molecule has 0 bridgehead atoms. The second-order valence-electron chi connectivity index (χ2n) is 3.98. The average molecular weight is 301 g/mol. The lowest BCUT2D eigenvalue weighted by Crippen LogP contribution is -1.97. The van der Waals surface area contributed by atoms with E-state index in [1.807, 2.05) is 12.2 Å². The normalized spacial score (nSPS) is 14.2. The fourth-order valence-corrected chi connectivity index (χ4v) is 2.74. The van der Waals surface area contributed by atoms with Crippen molar-refractivity contribution in [2.24, 2.45) is 0 Å². The van der Waals surface area contributed by atoms with Crippen LogP contribution in [-0.2, 0) is 6.42 Å². The Kier molecular flexibility index (Phi) is 3.10. The largest absolute Gasteiger partial charge is 0.488 e. The molecule has 1 aromatic heterocycles. The van der Waals surface area contributed by atoms with Gasteiger partial charge in [0.15, 0.2) is 0 Å². The molecule has 5 heteroatoms. The molecule has 3 rings (SSSR count). The minimum Gasteiger partial charge on any atom is -0.488 e. The van der Waals surface area contributed by atoms with E-state index < -0.39 is 0 Å². The lowest BCUT2D eigenvalue weighted by atomic mass is 10.1. The number of fused-ring (bicyclic) bond motifs is 3. The van der Waals surface area contributed by atoms with Crippen molar-refractivity contribution in [3.05, 3.63) is 45.0 Å². The van der Waals surface area contributed by atoms with Crippen molar-refractivity contribution in [3.63, 3.8) is 0 Å². The first kappa shape index (κ1) is 12.1. The first-order valence-electron chi connectivity index (χ1n) is 5.41. The van der Waals surface area contributed by atoms with E-state index in [0.29, 0.717) is 32.6 Å². The highest BCUT2D eigenvalue weighted by molar-refractivity contribution is 6.48. The van der Waals surface area contributed by atoms with Crippen molar-refractivity contribution in [1.82, 2.24) is 4.98 Å². The predicted octanol–water partition coefficient (Wildman–Crippen LogP) is 4.69. The highest BCUT2D eigenvalue weighted by Gasteiger charge is 2.18. The topological polar surface area (TPSA) is 22.1 Å². The van der Waals surface area contributed by atoms with Crippen LogP contribution in [0.2, 0.25) is 15.1 Å². The van der Waals surface area contributed by atoms with Crippen LogP contribution < -0.4 is 4.74 Å². The molecule has 1 aliphatic rings. The van der Waals surface area contributed by atoms with E-state index in [1.165, 1.54) is 0 Å². The summed E-state index contributed by atoms with van der Waals surface area (Å²) in [5, 5.41) is 2.01. The predicted molar refractivity (Wildman–Crippen MR) is 75.1 cm³/mol. The molecule has 0 atom stereocenters. The van der Waals surface area contributed by atoms with Crippen LogP contribution >= 0.6 is 34.8 Å². The quantitative estimate of drug-likeness (QED) is 0.520. The maximum Gasteiger partial charge on any atom is 0.135 e. The van der Waals surface area contributed by atoms with Gasteiger partial charge < -0.3 is 4.74 Å². The molecule has 2 nitrogen and oxygen atoms in total. The summed E-state index contributed by atoms with van der Waals surface area (Å²) in [7, 11) is 0. The first-order valence-corrected chi connectivity index (χ1v) is 6.54. The summed E-state index contributed by atoms with van der Waals surface area (Å²) in [4.78, 5) is 4.35. The number of benzene rings is 1. The molecule has 2 aromatic rings. The first-order chi connectivity index (χ1) is 8.68. The van der Waals surface area contributed by atoms with Gasteiger partial charge in [0, 0.05) is 11.8 Å². The van der Waals surface area contributed by atoms with Gasteiger partial charge in [-0.2, -0.15) is 0 Å². The Bertz CT molecular complexity index is 667. The van der Waals surface area contributed by atoms with Crippen LogP contribution in [0.5, 0.6) is 5.75 Å². The second-order valence-corrected chi connectivity index (χ2v) is 5.17. The molecule has 92 valence electrons. The van der Waals surface area contributed by atoms with Gasteiger partial charge in [-0.05, 0) is 12.5 Å². The number of halogens is 3. The average Bonchev–Trinajstić information content (AvgIpc) is 2.60. The molecule has 18 heavy (non-hydrogen) atoms. The Morgan fingerprint density at radius 3 is 2.78 bits per heavy atom. The maximum atomic E-state index is 6.26. The van der Waals surface area contributed by atoms with E-state index in [0.717, 1.165) is 17.7 Å². The van der Waals surface area contributed by atoms with Gasteiger partial charge in [0.1, 0.15) is 12.4 Å². The van der Waals surface area contributed by atoms with Gasteiger partial charge in [-0.25, -0.2) is 0 Å². The number of ether oxygens (including phenoxy) is 1. The van der Waals surface area contributed by atoms with Crippen molar-refractivity contribution in [2.75, 3.05) is 6.61 Å². The Morgan fingerprint density at radius 1 is 1.11 bits per heavy atom. The third-order valence-corrected chi connectivity index (χ3v) is 3.92. The minimum atomic E-state index is 0.408. The van der Waals surface area contributed by atoms with Crippen LogP contribution in [0.25, 0.3) is 10.9 Å². The van der Waals surface area contributed by atoms with Gasteiger partial charge in [-0.3, -0.25) is 4.98 Å². The summed E-state index contributed by atoms with van der Waals surface area (Å²) in [6.45, 7) is 0.507. The third-order valence-electron chi connectivity index (χ3n) is 2.84. The lowest BCUT2D eigenvalue weighted by Gasteiger charge is -2.13. The highest BCUT2D eigenvalue weighted by atomic mass is 35.5. The molecule has 0 fully saturated rings. The van der Waals surface area contributed by atoms with Gasteiger partial charge in [0.25, 0.3) is 0 Å². The van der Waals surface area contributed by atoms with Crippen molar-refractivity contribution in [1.29, 1.82) is 0 Å². The van der Waals surface area contributed by atoms with Crippen LogP contribution in [0.4, 0.5) is 0 Å². The summed E-state index contributed by atoms with van der Waals surface area (Å²) >= 11 is 18.5. The molecule has 0 aliphatic carbocycles. The molecule has 0 radical (unpaired) electrons. The summed E-state index contributed by atoms with van der Waals surface area (Å²) in [5.41, 5.74) is 1.60. The van der Waals surface area contributed by atoms with Gasteiger partial charge in [-0.1, -0.05) is 47.0 Å². The number of pyridine rings is 1. The zero-order chi connectivity index (χ0) is 12.7. The number of nitrogens with zero attached hydrogens (tertiary/aromatic N) is 1. The molecule has 0 N–H and O–H groups in total. The molecule has 1 aliphatic heterocycles. The van der Waals surface area contributed by atoms with E-state index in [-0.39, 0.29) is 0 Å². The summed E-state index contributed by atoms with van der Waals surface area (Å²) in [6, 6.07) is 1.60. The summed E-state index contributed by atoms with van der Waals surface area (Å²) < 4.78 is 5.72. The van der Waals surface area contributed by atoms with Crippen molar-refractivity contribution in [3.8, 4) is 5.75 Å². The number of rotatable bonds is 0. The van der Waals surface area contributed by atoms with Crippen molar-refractivity contribution in [2.45, 2.75) is 6.42 Å². The summed E-state index contributed by atoms with van der Waals surface area (Å²) in [6.07, 6.45) is 6.54.